The van der Waals surface area contributed by atoms with Gasteiger partial charge in [-0.25, -0.2) is 4.39 Å². The Morgan fingerprint density at radius 3 is 2.57 bits per heavy atom. The average Bonchev–Trinajstić information content (AvgIpc) is 2.55. The van der Waals surface area contributed by atoms with Gasteiger partial charge in [0, 0.05) is 18.7 Å². The number of allylic oxidation sites excluding steroid dienone is 1. The second-order valence-corrected chi connectivity index (χ2v) is 6.69. The summed E-state index contributed by atoms with van der Waals surface area (Å²) in [6.07, 6.45) is 3.69. The van der Waals surface area contributed by atoms with Crippen molar-refractivity contribution in [3.63, 3.8) is 0 Å². The van der Waals surface area contributed by atoms with Crippen LogP contribution in [0.15, 0.2) is 35.3 Å². The van der Waals surface area contributed by atoms with E-state index in [9.17, 15) is 19.1 Å². The number of aliphatic carboxylic acids is 1. The lowest BCUT2D eigenvalue weighted by atomic mass is 9.75. The molecule has 0 bridgehead atoms. The van der Waals surface area contributed by atoms with Gasteiger partial charge in [0.15, 0.2) is 0 Å². The number of hydrogen-bond acceptors (Lipinski definition) is 2. The first kappa shape index (κ1) is 17.7. The molecule has 23 heavy (non-hydrogen) atoms. The molecule has 0 radical (unpaired) electrons. The number of carboxylic acid groups (broad SMARTS) is 1. The summed E-state index contributed by atoms with van der Waals surface area (Å²) in [6, 6.07) is 4.26. The first-order chi connectivity index (χ1) is 10.9. The van der Waals surface area contributed by atoms with Crippen molar-refractivity contribution in [3.05, 3.63) is 46.7 Å². The zero-order valence-electron chi connectivity index (χ0n) is 12.7. The molecule has 1 fully saturated rings. The molecule has 1 aromatic carbocycles. The van der Waals surface area contributed by atoms with Crippen molar-refractivity contribution >= 4 is 27.8 Å². The van der Waals surface area contributed by atoms with Gasteiger partial charge in [0.05, 0.1) is 9.89 Å². The predicted octanol–water partition coefficient (Wildman–Crippen LogP) is 3.86. The summed E-state index contributed by atoms with van der Waals surface area (Å²) in [5.74, 6) is -1.57. The Labute approximate surface area is 143 Å². The Hall–Kier alpha value is -1.69. The molecule has 1 amide bonds. The summed E-state index contributed by atoms with van der Waals surface area (Å²) in [5, 5.41) is 9.53. The maximum absolute atomic E-state index is 13.6. The van der Waals surface area contributed by atoms with Crippen molar-refractivity contribution in [1.29, 1.82) is 0 Å². The average molecular weight is 384 g/mol. The molecule has 0 saturated carbocycles. The zero-order chi connectivity index (χ0) is 17.0. The number of piperidine rings is 1. The van der Waals surface area contributed by atoms with E-state index in [2.05, 4.69) is 22.5 Å². The van der Waals surface area contributed by atoms with Crippen molar-refractivity contribution < 1.29 is 19.1 Å². The van der Waals surface area contributed by atoms with E-state index in [-0.39, 0.29) is 11.5 Å². The maximum Gasteiger partial charge on any atom is 0.309 e. The summed E-state index contributed by atoms with van der Waals surface area (Å²) < 4.78 is 13.9. The first-order valence-electron chi connectivity index (χ1n) is 7.48. The van der Waals surface area contributed by atoms with Gasteiger partial charge in [-0.05, 0) is 59.8 Å². The smallest absolute Gasteiger partial charge is 0.309 e. The fourth-order valence-corrected chi connectivity index (χ4v) is 3.15. The molecule has 1 aliphatic heterocycles. The number of likely N-dealkylation sites (tertiary alicyclic amines) is 1. The number of amides is 1. The molecule has 1 aromatic rings. The number of halogens is 2. The molecule has 0 atom stereocenters. The Morgan fingerprint density at radius 2 is 2.04 bits per heavy atom. The SMILES string of the molecule is C=CCCC1(C(=O)O)CCN(C(=O)c2ccc(Br)c(F)c2)CC1. The van der Waals surface area contributed by atoms with Crippen LogP contribution in [0.2, 0.25) is 0 Å². The van der Waals surface area contributed by atoms with Crippen LogP contribution in [-0.2, 0) is 4.79 Å². The van der Waals surface area contributed by atoms with Crippen LogP contribution in [0.4, 0.5) is 4.39 Å². The van der Waals surface area contributed by atoms with Crippen LogP contribution in [0, 0.1) is 11.2 Å². The summed E-state index contributed by atoms with van der Waals surface area (Å²) in [7, 11) is 0. The van der Waals surface area contributed by atoms with Crippen LogP contribution in [0.3, 0.4) is 0 Å². The van der Waals surface area contributed by atoms with E-state index in [1.54, 1.807) is 17.0 Å². The summed E-state index contributed by atoms with van der Waals surface area (Å²) >= 11 is 3.06. The van der Waals surface area contributed by atoms with Gasteiger partial charge in [0.1, 0.15) is 5.82 Å². The van der Waals surface area contributed by atoms with E-state index in [0.717, 1.165) is 0 Å². The van der Waals surface area contributed by atoms with Gasteiger partial charge in [0.2, 0.25) is 0 Å². The highest BCUT2D eigenvalue weighted by Crippen LogP contribution is 2.37. The maximum atomic E-state index is 13.6. The molecule has 0 unspecified atom stereocenters. The van der Waals surface area contributed by atoms with E-state index in [1.807, 2.05) is 0 Å². The normalized spacial score (nSPS) is 16.9. The molecule has 2 rings (SSSR count). The molecule has 0 aliphatic carbocycles. The van der Waals surface area contributed by atoms with Crippen molar-refractivity contribution in [1.82, 2.24) is 4.90 Å². The molecule has 1 aliphatic rings. The third kappa shape index (κ3) is 3.80. The van der Waals surface area contributed by atoms with Gasteiger partial charge in [-0.1, -0.05) is 6.08 Å². The van der Waals surface area contributed by atoms with Gasteiger partial charge < -0.3 is 10.0 Å². The second-order valence-electron chi connectivity index (χ2n) is 5.83. The standard InChI is InChI=1S/C17H19BrFNO3/c1-2-3-6-17(16(22)23)7-9-20(10-8-17)15(21)12-4-5-13(18)14(19)11-12/h2,4-5,11H,1,3,6-10H2,(H,22,23). The monoisotopic (exact) mass is 383 g/mol. The molecular formula is C17H19BrFNO3. The largest absolute Gasteiger partial charge is 0.481 e. The number of rotatable bonds is 5. The van der Waals surface area contributed by atoms with E-state index in [4.69, 9.17) is 0 Å². The highest BCUT2D eigenvalue weighted by atomic mass is 79.9. The van der Waals surface area contributed by atoms with Crippen molar-refractivity contribution in [3.8, 4) is 0 Å². The quantitative estimate of drug-likeness (QED) is 0.785. The van der Waals surface area contributed by atoms with E-state index in [1.165, 1.54) is 12.1 Å². The number of carbonyl (C=O) groups is 2. The Bertz CT molecular complexity index is 624. The molecule has 0 spiro atoms. The lowest BCUT2D eigenvalue weighted by Gasteiger charge is -2.38. The lowest BCUT2D eigenvalue weighted by Crippen LogP contribution is -2.46. The van der Waals surface area contributed by atoms with Crippen LogP contribution in [0.25, 0.3) is 0 Å². The molecular weight excluding hydrogens is 365 g/mol. The minimum atomic E-state index is -0.818. The number of hydrogen-bond donors (Lipinski definition) is 1. The summed E-state index contributed by atoms with van der Waals surface area (Å²) in [4.78, 5) is 25.7. The second kappa shape index (κ2) is 7.25. The number of carbonyl (C=O) groups excluding carboxylic acids is 1. The molecule has 1 N–H and O–H groups in total. The van der Waals surface area contributed by atoms with Crippen molar-refractivity contribution in [2.24, 2.45) is 5.41 Å². The lowest BCUT2D eigenvalue weighted by molar-refractivity contribution is -0.152. The van der Waals surface area contributed by atoms with Gasteiger partial charge >= 0.3 is 5.97 Å². The zero-order valence-corrected chi connectivity index (χ0v) is 14.3. The Kier molecular flexibility index (Phi) is 5.57. The van der Waals surface area contributed by atoms with Crippen molar-refractivity contribution in [2.75, 3.05) is 13.1 Å². The topological polar surface area (TPSA) is 57.6 Å². The summed E-state index contributed by atoms with van der Waals surface area (Å²) in [5.41, 5.74) is -0.518. The first-order valence-corrected chi connectivity index (χ1v) is 8.27. The van der Waals surface area contributed by atoms with Crippen LogP contribution in [-0.4, -0.2) is 35.0 Å². The van der Waals surface area contributed by atoms with Crippen LogP contribution in [0.5, 0.6) is 0 Å². The molecule has 0 aromatic heterocycles. The molecule has 1 saturated heterocycles. The summed E-state index contributed by atoms with van der Waals surface area (Å²) in [6.45, 7) is 4.36. The fraction of sp³-hybridized carbons (Fsp3) is 0.412. The van der Waals surface area contributed by atoms with Crippen LogP contribution in [0.1, 0.15) is 36.0 Å². The molecule has 6 heteroatoms. The van der Waals surface area contributed by atoms with E-state index >= 15 is 0 Å². The van der Waals surface area contributed by atoms with Crippen LogP contribution >= 0.6 is 15.9 Å². The fourth-order valence-electron chi connectivity index (χ4n) is 2.90. The van der Waals surface area contributed by atoms with E-state index < -0.39 is 17.2 Å². The van der Waals surface area contributed by atoms with Gasteiger partial charge in [-0.3, -0.25) is 9.59 Å². The van der Waals surface area contributed by atoms with Crippen molar-refractivity contribution in [2.45, 2.75) is 25.7 Å². The van der Waals surface area contributed by atoms with Gasteiger partial charge in [0.25, 0.3) is 5.91 Å². The van der Waals surface area contributed by atoms with Gasteiger partial charge in [-0.2, -0.15) is 0 Å². The third-order valence-electron chi connectivity index (χ3n) is 4.46. The Balaban J connectivity index is 2.07. The number of carboxylic acids is 1. The van der Waals surface area contributed by atoms with Gasteiger partial charge in [-0.15, -0.1) is 6.58 Å². The Morgan fingerprint density at radius 1 is 1.39 bits per heavy atom. The minimum Gasteiger partial charge on any atom is -0.481 e. The number of benzene rings is 1. The van der Waals surface area contributed by atoms with Crippen LogP contribution < -0.4 is 0 Å². The highest BCUT2D eigenvalue weighted by molar-refractivity contribution is 9.10. The van der Waals surface area contributed by atoms with E-state index in [0.29, 0.717) is 43.2 Å². The number of nitrogens with zero attached hydrogens (tertiary/aromatic N) is 1. The molecule has 1 heterocycles. The predicted molar refractivity (Wildman–Crippen MR) is 88.7 cm³/mol. The highest BCUT2D eigenvalue weighted by Gasteiger charge is 2.41. The molecule has 124 valence electrons. The third-order valence-corrected chi connectivity index (χ3v) is 5.10. The minimum absolute atomic E-state index is 0.265. The molecule has 4 nitrogen and oxygen atoms in total.